The molecule has 0 bridgehead atoms. The third kappa shape index (κ3) is 5.32. The molecular weight excluding hydrogens is 478 g/mol. The average molecular weight is 506 g/mol. The van der Waals surface area contributed by atoms with Crippen LogP contribution in [-0.2, 0) is 11.3 Å². The first-order valence-electron chi connectivity index (χ1n) is 11.9. The molecule has 1 aromatic heterocycles. The molecule has 8 heteroatoms. The van der Waals surface area contributed by atoms with Gasteiger partial charge in [0.2, 0.25) is 0 Å². The summed E-state index contributed by atoms with van der Waals surface area (Å²) < 4.78 is 22.6. The van der Waals surface area contributed by atoms with Gasteiger partial charge in [0.05, 0.1) is 44.8 Å². The van der Waals surface area contributed by atoms with Crippen LogP contribution in [0.25, 0.3) is 22.0 Å². The second-order valence-electron chi connectivity index (χ2n) is 8.59. The Labute approximate surface area is 215 Å². The zero-order valence-corrected chi connectivity index (χ0v) is 21.0. The second-order valence-corrected chi connectivity index (χ2v) is 9.03. The number of halogens is 1. The highest BCUT2D eigenvalue weighted by atomic mass is 35.5. The number of hydrogen-bond donors (Lipinski definition) is 1. The predicted octanol–water partition coefficient (Wildman–Crippen LogP) is 6.14. The minimum absolute atomic E-state index is 0.129. The summed E-state index contributed by atoms with van der Waals surface area (Å²) in [5.41, 5.74) is 4.56. The zero-order valence-electron chi connectivity index (χ0n) is 20.3. The third-order valence-electron chi connectivity index (χ3n) is 6.32. The van der Waals surface area contributed by atoms with Crippen LogP contribution in [0.5, 0.6) is 17.2 Å². The van der Waals surface area contributed by atoms with E-state index in [1.807, 2.05) is 48.5 Å². The Kier molecular flexibility index (Phi) is 7.39. The van der Waals surface area contributed by atoms with Crippen LogP contribution in [0.1, 0.15) is 18.4 Å². The Morgan fingerprint density at radius 1 is 0.972 bits per heavy atom. The largest absolute Gasteiger partial charge is 0.497 e. The van der Waals surface area contributed by atoms with Gasteiger partial charge in [-0.25, -0.2) is 0 Å². The van der Waals surface area contributed by atoms with Gasteiger partial charge in [0.15, 0.2) is 0 Å². The van der Waals surface area contributed by atoms with E-state index >= 15 is 0 Å². The lowest BCUT2D eigenvalue weighted by atomic mass is 10.0. The molecule has 0 aliphatic carbocycles. The molecule has 1 saturated heterocycles. The topological polar surface area (TPSA) is 74.7 Å². The number of benzene rings is 3. The van der Waals surface area contributed by atoms with Gasteiger partial charge in [0.25, 0.3) is 0 Å². The van der Waals surface area contributed by atoms with E-state index in [2.05, 4.69) is 21.6 Å². The monoisotopic (exact) mass is 505 g/mol. The van der Waals surface area contributed by atoms with Gasteiger partial charge in [0, 0.05) is 47.0 Å². The number of aromatic nitrogens is 2. The van der Waals surface area contributed by atoms with Crippen molar-refractivity contribution in [2.45, 2.75) is 25.5 Å². The molecule has 186 valence electrons. The van der Waals surface area contributed by atoms with Crippen LogP contribution in [0.3, 0.4) is 0 Å². The summed E-state index contributed by atoms with van der Waals surface area (Å²) in [7, 11) is 3.29. The lowest BCUT2D eigenvalue weighted by Crippen LogP contribution is -2.26. The number of fused-ring (bicyclic) bond motifs is 1. The number of anilines is 1. The molecule has 1 aliphatic rings. The lowest BCUT2D eigenvalue weighted by molar-refractivity contribution is 0.0258. The predicted molar refractivity (Wildman–Crippen MR) is 141 cm³/mol. The maximum absolute atomic E-state index is 6.36. The van der Waals surface area contributed by atoms with Crippen LogP contribution in [0.15, 0.2) is 60.8 Å². The van der Waals surface area contributed by atoms with Crippen LogP contribution < -0.4 is 19.5 Å². The smallest absolute Gasteiger partial charge is 0.127 e. The number of hydrogen-bond acceptors (Lipinski definition) is 7. The lowest BCUT2D eigenvalue weighted by Gasteiger charge is -2.24. The maximum atomic E-state index is 6.36. The Balaban J connectivity index is 1.42. The van der Waals surface area contributed by atoms with Crippen LogP contribution in [-0.4, -0.2) is 43.7 Å². The van der Waals surface area contributed by atoms with Gasteiger partial charge in [0.1, 0.15) is 23.4 Å². The van der Waals surface area contributed by atoms with Crippen LogP contribution in [0.2, 0.25) is 5.02 Å². The summed E-state index contributed by atoms with van der Waals surface area (Å²) in [6.07, 6.45) is 3.61. The number of ether oxygens (including phenoxy) is 4. The van der Waals surface area contributed by atoms with Crippen molar-refractivity contribution in [1.29, 1.82) is 0 Å². The van der Waals surface area contributed by atoms with Gasteiger partial charge in [-0.3, -0.25) is 0 Å². The SMILES string of the molecule is COc1ccc(CNc2cnnc3cc(-c4cc(Cl)ccc4OC4CCOCC4)ccc23)c(OC)c1. The summed E-state index contributed by atoms with van der Waals surface area (Å²) in [5.74, 6) is 2.31. The zero-order chi connectivity index (χ0) is 24.9. The second kappa shape index (κ2) is 11.0. The average Bonchev–Trinajstić information content (AvgIpc) is 2.93. The van der Waals surface area contributed by atoms with E-state index in [1.54, 1.807) is 20.4 Å². The molecule has 1 N–H and O–H groups in total. The van der Waals surface area contributed by atoms with E-state index in [4.69, 9.17) is 30.5 Å². The van der Waals surface area contributed by atoms with Crippen molar-refractivity contribution >= 4 is 28.2 Å². The third-order valence-corrected chi connectivity index (χ3v) is 6.55. The molecule has 0 spiro atoms. The van der Waals surface area contributed by atoms with Crippen molar-refractivity contribution in [3.63, 3.8) is 0 Å². The molecule has 7 nitrogen and oxygen atoms in total. The summed E-state index contributed by atoms with van der Waals surface area (Å²) in [6.45, 7) is 2.00. The van der Waals surface area contributed by atoms with Gasteiger partial charge in [-0.2, -0.15) is 10.2 Å². The van der Waals surface area contributed by atoms with Crippen molar-refractivity contribution in [1.82, 2.24) is 10.2 Å². The number of nitrogens with zero attached hydrogens (tertiary/aromatic N) is 2. The molecule has 0 unspecified atom stereocenters. The van der Waals surface area contributed by atoms with Gasteiger partial charge >= 0.3 is 0 Å². The molecule has 0 atom stereocenters. The van der Waals surface area contributed by atoms with E-state index in [0.717, 1.165) is 76.6 Å². The molecule has 1 fully saturated rings. The van der Waals surface area contributed by atoms with Crippen molar-refractivity contribution in [3.05, 3.63) is 71.4 Å². The van der Waals surface area contributed by atoms with Crippen molar-refractivity contribution in [3.8, 4) is 28.4 Å². The van der Waals surface area contributed by atoms with Crippen LogP contribution >= 0.6 is 11.6 Å². The number of rotatable bonds is 8. The number of methoxy groups -OCH3 is 2. The Bertz CT molecular complexity index is 1360. The quantitative estimate of drug-likeness (QED) is 0.308. The fourth-order valence-electron chi connectivity index (χ4n) is 4.36. The van der Waals surface area contributed by atoms with Crippen LogP contribution in [0.4, 0.5) is 5.69 Å². The standard InChI is InChI=1S/C28H28ClN3O4/c1-33-22-6-3-19(28(15-22)34-2)16-30-26-17-31-32-25-13-18(4-7-23(25)26)24-14-20(29)5-8-27(24)36-21-9-11-35-12-10-21/h3-8,13-15,17,21H,9-12,16H2,1-2H3,(H,30,32). The molecule has 0 radical (unpaired) electrons. The van der Waals surface area contributed by atoms with Crippen molar-refractivity contribution in [2.24, 2.45) is 0 Å². The van der Waals surface area contributed by atoms with E-state index in [-0.39, 0.29) is 6.10 Å². The van der Waals surface area contributed by atoms with Crippen molar-refractivity contribution in [2.75, 3.05) is 32.8 Å². The van der Waals surface area contributed by atoms with E-state index in [9.17, 15) is 0 Å². The molecular formula is C28H28ClN3O4. The molecule has 3 aromatic carbocycles. The van der Waals surface area contributed by atoms with Gasteiger partial charge in [-0.1, -0.05) is 17.7 Å². The summed E-state index contributed by atoms with van der Waals surface area (Å²) in [5, 5.41) is 13.7. The summed E-state index contributed by atoms with van der Waals surface area (Å²) >= 11 is 6.36. The molecule has 4 aromatic rings. The molecule has 5 rings (SSSR count). The highest BCUT2D eigenvalue weighted by molar-refractivity contribution is 6.31. The van der Waals surface area contributed by atoms with E-state index < -0.39 is 0 Å². The Morgan fingerprint density at radius 2 is 1.83 bits per heavy atom. The number of nitrogens with one attached hydrogen (secondary N) is 1. The van der Waals surface area contributed by atoms with Gasteiger partial charge in [-0.05, 0) is 48.0 Å². The van der Waals surface area contributed by atoms with Crippen molar-refractivity contribution < 1.29 is 18.9 Å². The summed E-state index contributed by atoms with van der Waals surface area (Å²) in [4.78, 5) is 0. The minimum Gasteiger partial charge on any atom is -0.497 e. The summed E-state index contributed by atoms with van der Waals surface area (Å²) in [6, 6.07) is 17.6. The van der Waals surface area contributed by atoms with E-state index in [0.29, 0.717) is 11.6 Å². The Morgan fingerprint density at radius 3 is 2.64 bits per heavy atom. The fourth-order valence-corrected chi connectivity index (χ4v) is 4.53. The molecule has 36 heavy (non-hydrogen) atoms. The Hall–Kier alpha value is -3.55. The van der Waals surface area contributed by atoms with E-state index in [1.165, 1.54) is 0 Å². The van der Waals surface area contributed by atoms with Crippen LogP contribution in [0, 0.1) is 0 Å². The fraction of sp³-hybridized carbons (Fsp3) is 0.286. The highest BCUT2D eigenvalue weighted by Gasteiger charge is 2.18. The molecule has 1 aliphatic heterocycles. The minimum atomic E-state index is 0.129. The molecule has 0 saturated carbocycles. The molecule has 0 amide bonds. The highest BCUT2D eigenvalue weighted by Crippen LogP contribution is 2.36. The van der Waals surface area contributed by atoms with Gasteiger partial charge in [-0.15, -0.1) is 0 Å². The first-order valence-corrected chi connectivity index (χ1v) is 12.3. The maximum Gasteiger partial charge on any atom is 0.127 e. The first-order chi connectivity index (χ1) is 17.6. The van der Waals surface area contributed by atoms with Gasteiger partial charge < -0.3 is 24.3 Å². The normalized spacial score (nSPS) is 14.0. The first kappa shape index (κ1) is 24.2. The molecule has 2 heterocycles.